The highest BCUT2D eigenvalue weighted by Gasteiger charge is 2.36. The van der Waals surface area contributed by atoms with Gasteiger partial charge in [-0.2, -0.15) is 11.8 Å². The molecule has 2 fully saturated rings. The molecule has 0 amide bonds. The summed E-state index contributed by atoms with van der Waals surface area (Å²) in [5.74, 6) is 2.95. The van der Waals surface area contributed by atoms with Gasteiger partial charge < -0.3 is 15.7 Å². The molecule has 0 unspecified atom stereocenters. The minimum atomic E-state index is 0.0508. The van der Waals surface area contributed by atoms with Crippen LogP contribution in [-0.2, 0) is 0 Å². The highest BCUT2D eigenvalue weighted by Crippen LogP contribution is 2.40. The Balaban J connectivity index is 1.85. The van der Waals surface area contributed by atoms with Gasteiger partial charge in [0.25, 0.3) is 0 Å². The summed E-state index contributed by atoms with van der Waals surface area (Å²) in [6.45, 7) is 2.96. The number of aliphatic hydroxyl groups excluding tert-OH is 1. The maximum absolute atomic E-state index is 9.33. The lowest BCUT2D eigenvalue weighted by atomic mass is 9.69. The van der Waals surface area contributed by atoms with Crippen molar-refractivity contribution in [3.8, 4) is 0 Å². The Hall–Kier alpha value is -0.420. The van der Waals surface area contributed by atoms with Crippen LogP contribution in [-0.4, -0.2) is 53.7 Å². The molecule has 1 aliphatic carbocycles. The first-order valence-corrected chi connectivity index (χ1v) is 7.15. The molecule has 1 aliphatic heterocycles. The second-order valence-electron chi connectivity index (χ2n) is 4.79. The topological polar surface area (TPSA) is 61.9 Å². The molecule has 2 aliphatic rings. The smallest absolute Gasteiger partial charge is 0.191 e. The third kappa shape index (κ3) is 2.63. The largest absolute Gasteiger partial charge is 0.396 e. The molecular formula is C11H21N3OS. The van der Waals surface area contributed by atoms with Crippen molar-refractivity contribution in [3.05, 3.63) is 0 Å². The molecule has 0 aromatic rings. The number of nitrogens with zero attached hydrogens (tertiary/aromatic N) is 2. The van der Waals surface area contributed by atoms with E-state index in [-0.39, 0.29) is 12.0 Å². The number of aliphatic hydroxyl groups is 1. The summed E-state index contributed by atoms with van der Waals surface area (Å²) < 4.78 is 0. The van der Waals surface area contributed by atoms with Crippen LogP contribution >= 0.6 is 11.8 Å². The number of aliphatic imine (C=N–C) groups is 1. The van der Waals surface area contributed by atoms with E-state index in [1.165, 1.54) is 6.42 Å². The zero-order chi connectivity index (χ0) is 11.4. The molecular weight excluding hydrogens is 222 g/mol. The summed E-state index contributed by atoms with van der Waals surface area (Å²) in [7, 11) is 0. The van der Waals surface area contributed by atoms with Gasteiger partial charge in [-0.3, -0.25) is 4.99 Å². The second-order valence-corrected chi connectivity index (χ2v) is 6.01. The van der Waals surface area contributed by atoms with Crippen molar-refractivity contribution in [1.82, 2.24) is 4.90 Å². The Morgan fingerprint density at radius 1 is 1.38 bits per heavy atom. The van der Waals surface area contributed by atoms with E-state index in [4.69, 9.17) is 5.73 Å². The lowest BCUT2D eigenvalue weighted by Crippen LogP contribution is -2.44. The normalized spacial score (nSPS) is 25.3. The van der Waals surface area contributed by atoms with E-state index >= 15 is 0 Å². The van der Waals surface area contributed by atoms with Crippen LogP contribution in [0.15, 0.2) is 4.99 Å². The van der Waals surface area contributed by atoms with E-state index in [1.54, 1.807) is 0 Å². The lowest BCUT2D eigenvalue weighted by Gasteiger charge is -2.39. The Labute approximate surface area is 101 Å². The van der Waals surface area contributed by atoms with Gasteiger partial charge in [0.15, 0.2) is 5.96 Å². The predicted octanol–water partition coefficient (Wildman–Crippen LogP) is 0.512. The highest BCUT2D eigenvalue weighted by molar-refractivity contribution is 7.99. The van der Waals surface area contributed by atoms with Crippen molar-refractivity contribution in [3.63, 3.8) is 0 Å². The molecule has 0 atom stereocenters. The number of nitrogens with two attached hydrogens (primary N) is 1. The van der Waals surface area contributed by atoms with Gasteiger partial charge in [0, 0.05) is 30.0 Å². The van der Waals surface area contributed by atoms with Crippen molar-refractivity contribution < 1.29 is 5.11 Å². The lowest BCUT2D eigenvalue weighted by molar-refractivity contribution is 0.0537. The summed E-state index contributed by atoms with van der Waals surface area (Å²) in [5, 5.41) is 9.33. The van der Waals surface area contributed by atoms with Gasteiger partial charge in [-0.1, -0.05) is 6.42 Å². The van der Waals surface area contributed by atoms with Gasteiger partial charge in [0.2, 0.25) is 0 Å². The van der Waals surface area contributed by atoms with Crippen LogP contribution in [0, 0.1) is 5.41 Å². The number of hydrogen-bond donors (Lipinski definition) is 2. The average molecular weight is 243 g/mol. The van der Waals surface area contributed by atoms with Gasteiger partial charge in [-0.15, -0.1) is 0 Å². The summed E-state index contributed by atoms with van der Waals surface area (Å²) in [4.78, 5) is 6.62. The van der Waals surface area contributed by atoms with Crippen LogP contribution in [0.5, 0.6) is 0 Å². The third-order valence-corrected chi connectivity index (χ3v) is 4.60. The number of guanidine groups is 1. The fraction of sp³-hybridized carbons (Fsp3) is 0.909. The van der Waals surface area contributed by atoms with E-state index < -0.39 is 0 Å². The van der Waals surface area contributed by atoms with Gasteiger partial charge in [-0.25, -0.2) is 0 Å². The molecule has 0 aromatic carbocycles. The molecule has 16 heavy (non-hydrogen) atoms. The summed E-state index contributed by atoms with van der Waals surface area (Å²) in [5.41, 5.74) is 6.02. The first-order chi connectivity index (χ1) is 7.76. The molecule has 2 rings (SSSR count). The molecule has 0 bridgehead atoms. The number of rotatable bonds is 3. The van der Waals surface area contributed by atoms with Crippen molar-refractivity contribution in [2.75, 3.05) is 37.7 Å². The number of thioether (sulfide) groups is 1. The fourth-order valence-electron chi connectivity index (χ4n) is 2.18. The fourth-order valence-corrected chi connectivity index (χ4v) is 3.09. The highest BCUT2D eigenvalue weighted by atomic mass is 32.2. The van der Waals surface area contributed by atoms with Crippen LogP contribution in [0.4, 0.5) is 0 Å². The molecule has 0 spiro atoms. The molecule has 1 heterocycles. The Morgan fingerprint density at radius 2 is 2.06 bits per heavy atom. The molecule has 0 aromatic heterocycles. The molecule has 5 heteroatoms. The first kappa shape index (κ1) is 12.0. The molecule has 1 saturated heterocycles. The standard InChI is InChI=1S/C11H21N3OS/c12-10(14-4-6-16-7-5-14)13-8-11(9-15)2-1-3-11/h15H,1-9H2,(H2,12,13). The Kier molecular flexibility index (Phi) is 3.97. The Morgan fingerprint density at radius 3 is 2.56 bits per heavy atom. The maximum Gasteiger partial charge on any atom is 0.191 e. The molecule has 3 N–H and O–H groups in total. The van der Waals surface area contributed by atoms with Crippen molar-refractivity contribution in [2.24, 2.45) is 16.1 Å². The molecule has 1 saturated carbocycles. The molecule has 4 nitrogen and oxygen atoms in total. The zero-order valence-electron chi connectivity index (χ0n) is 9.69. The van der Waals surface area contributed by atoms with E-state index in [1.807, 2.05) is 11.8 Å². The number of hydrogen-bond acceptors (Lipinski definition) is 3. The summed E-state index contributed by atoms with van der Waals surface area (Å²) in [6, 6.07) is 0. The Bertz CT molecular complexity index is 254. The van der Waals surface area contributed by atoms with Gasteiger partial charge in [0.1, 0.15) is 0 Å². The van der Waals surface area contributed by atoms with Crippen LogP contribution < -0.4 is 5.73 Å². The van der Waals surface area contributed by atoms with E-state index in [9.17, 15) is 5.11 Å². The van der Waals surface area contributed by atoms with Gasteiger partial charge in [-0.05, 0) is 12.8 Å². The van der Waals surface area contributed by atoms with Crippen LogP contribution in [0.25, 0.3) is 0 Å². The second kappa shape index (κ2) is 5.27. The van der Waals surface area contributed by atoms with E-state index in [0.717, 1.165) is 37.4 Å². The SMILES string of the molecule is NC(=NCC1(CO)CCC1)N1CCSCC1. The minimum absolute atomic E-state index is 0.0508. The van der Waals surface area contributed by atoms with Crippen LogP contribution in [0.1, 0.15) is 19.3 Å². The summed E-state index contributed by atoms with van der Waals surface area (Å²) in [6.07, 6.45) is 3.41. The van der Waals surface area contributed by atoms with Gasteiger partial charge in [0.05, 0.1) is 13.2 Å². The van der Waals surface area contributed by atoms with Crippen molar-refractivity contribution in [1.29, 1.82) is 0 Å². The summed E-state index contributed by atoms with van der Waals surface area (Å²) >= 11 is 1.97. The van der Waals surface area contributed by atoms with Crippen molar-refractivity contribution >= 4 is 17.7 Å². The monoisotopic (exact) mass is 243 g/mol. The average Bonchev–Trinajstić information content (AvgIpc) is 2.29. The predicted molar refractivity (Wildman–Crippen MR) is 68.8 cm³/mol. The molecule has 0 radical (unpaired) electrons. The third-order valence-electron chi connectivity index (χ3n) is 3.66. The maximum atomic E-state index is 9.33. The molecule has 92 valence electrons. The minimum Gasteiger partial charge on any atom is -0.396 e. The van der Waals surface area contributed by atoms with E-state index in [0.29, 0.717) is 12.5 Å². The van der Waals surface area contributed by atoms with Gasteiger partial charge >= 0.3 is 0 Å². The first-order valence-electron chi connectivity index (χ1n) is 5.99. The van der Waals surface area contributed by atoms with Crippen LogP contribution in [0.3, 0.4) is 0 Å². The zero-order valence-corrected chi connectivity index (χ0v) is 10.5. The van der Waals surface area contributed by atoms with Crippen LogP contribution in [0.2, 0.25) is 0 Å². The van der Waals surface area contributed by atoms with Crippen molar-refractivity contribution in [2.45, 2.75) is 19.3 Å². The van der Waals surface area contributed by atoms with E-state index in [2.05, 4.69) is 9.89 Å². The quantitative estimate of drug-likeness (QED) is 0.560.